The first-order valence-electron chi connectivity index (χ1n) is 6.14. The fourth-order valence-electron chi connectivity index (χ4n) is 2.38. The van der Waals surface area contributed by atoms with Gasteiger partial charge >= 0.3 is 0 Å². The molecule has 1 aliphatic carbocycles. The van der Waals surface area contributed by atoms with Gasteiger partial charge < -0.3 is 5.32 Å². The van der Waals surface area contributed by atoms with E-state index < -0.39 is 0 Å². The third kappa shape index (κ3) is 2.43. The summed E-state index contributed by atoms with van der Waals surface area (Å²) in [6, 6.07) is 5.71. The van der Waals surface area contributed by atoms with Crippen LogP contribution < -0.4 is 5.32 Å². The van der Waals surface area contributed by atoms with Crippen molar-refractivity contribution in [2.45, 2.75) is 38.6 Å². The van der Waals surface area contributed by atoms with Gasteiger partial charge in [0, 0.05) is 11.6 Å². The largest absolute Gasteiger partial charge is 0.313 e. The van der Waals surface area contributed by atoms with Crippen molar-refractivity contribution in [2.24, 2.45) is 5.92 Å². The molecule has 1 aliphatic rings. The molecule has 0 saturated heterocycles. The lowest BCUT2D eigenvalue weighted by Crippen LogP contribution is -2.24. The predicted octanol–water partition coefficient (Wildman–Crippen LogP) is 3.58. The molecule has 1 aromatic rings. The number of halogens is 1. The van der Waals surface area contributed by atoms with Gasteiger partial charge in [0.05, 0.1) is 0 Å². The van der Waals surface area contributed by atoms with Crippen LogP contribution in [0.15, 0.2) is 18.2 Å². The number of hydrogen-bond acceptors (Lipinski definition) is 1. The fraction of sp³-hybridized carbons (Fsp3) is 0.571. The number of benzene rings is 1. The van der Waals surface area contributed by atoms with E-state index in [2.05, 4.69) is 5.32 Å². The molecule has 0 aliphatic heterocycles. The topological polar surface area (TPSA) is 12.0 Å². The van der Waals surface area contributed by atoms with Gasteiger partial charge in [-0.1, -0.05) is 31.4 Å². The Morgan fingerprint density at radius 3 is 2.69 bits per heavy atom. The molecule has 1 saturated carbocycles. The Balaban J connectivity index is 2.11. The van der Waals surface area contributed by atoms with Crippen molar-refractivity contribution in [3.63, 3.8) is 0 Å². The summed E-state index contributed by atoms with van der Waals surface area (Å²) in [7, 11) is 1.92. The van der Waals surface area contributed by atoms with E-state index in [1.807, 2.05) is 26.1 Å². The molecule has 0 spiro atoms. The van der Waals surface area contributed by atoms with Crippen LogP contribution in [0.2, 0.25) is 0 Å². The third-order valence-corrected chi connectivity index (χ3v) is 3.67. The Hall–Kier alpha value is -0.890. The van der Waals surface area contributed by atoms with E-state index in [1.54, 1.807) is 6.07 Å². The monoisotopic (exact) mass is 221 g/mol. The Morgan fingerprint density at radius 1 is 1.44 bits per heavy atom. The molecule has 1 nitrogen and oxygen atoms in total. The molecule has 1 aromatic carbocycles. The highest BCUT2D eigenvalue weighted by Gasteiger charge is 2.23. The molecule has 88 valence electrons. The Bertz CT molecular complexity index is 358. The zero-order valence-electron chi connectivity index (χ0n) is 10.1. The smallest absolute Gasteiger partial charge is 0.128 e. The molecule has 1 unspecified atom stereocenters. The Labute approximate surface area is 97.1 Å². The number of rotatable bonds is 4. The van der Waals surface area contributed by atoms with E-state index in [1.165, 1.54) is 19.3 Å². The second kappa shape index (κ2) is 4.96. The summed E-state index contributed by atoms with van der Waals surface area (Å²) in [5.41, 5.74) is 1.81. The van der Waals surface area contributed by atoms with Crippen molar-refractivity contribution >= 4 is 0 Å². The van der Waals surface area contributed by atoms with E-state index in [-0.39, 0.29) is 11.9 Å². The van der Waals surface area contributed by atoms with Gasteiger partial charge in [-0.25, -0.2) is 4.39 Å². The molecule has 1 atom stereocenters. The van der Waals surface area contributed by atoms with Crippen molar-refractivity contribution in [2.75, 3.05) is 7.05 Å². The van der Waals surface area contributed by atoms with Crippen molar-refractivity contribution < 1.29 is 4.39 Å². The van der Waals surface area contributed by atoms with Crippen LogP contribution in [0, 0.1) is 18.7 Å². The third-order valence-electron chi connectivity index (χ3n) is 3.67. The summed E-state index contributed by atoms with van der Waals surface area (Å²) in [6.07, 6.45) is 5.03. The standard InChI is InChI=1S/C14H20FN/c1-10-6-7-12(13(15)8-10)14(16-2)9-11-4-3-5-11/h6-8,11,14,16H,3-5,9H2,1-2H3. The summed E-state index contributed by atoms with van der Waals surface area (Å²) in [6.45, 7) is 1.92. The van der Waals surface area contributed by atoms with Gasteiger partial charge in [0.15, 0.2) is 0 Å². The van der Waals surface area contributed by atoms with Crippen LogP contribution in [0.25, 0.3) is 0 Å². The lowest BCUT2D eigenvalue weighted by molar-refractivity contribution is 0.263. The van der Waals surface area contributed by atoms with E-state index in [9.17, 15) is 4.39 Å². The van der Waals surface area contributed by atoms with Gasteiger partial charge in [-0.2, -0.15) is 0 Å². The van der Waals surface area contributed by atoms with Crippen LogP contribution in [0.5, 0.6) is 0 Å². The fourth-order valence-corrected chi connectivity index (χ4v) is 2.38. The molecule has 0 amide bonds. The van der Waals surface area contributed by atoms with Gasteiger partial charge in [0.2, 0.25) is 0 Å². The van der Waals surface area contributed by atoms with Crippen molar-refractivity contribution in [1.82, 2.24) is 5.32 Å². The van der Waals surface area contributed by atoms with Crippen LogP contribution in [0.1, 0.15) is 42.9 Å². The molecule has 0 heterocycles. The van der Waals surface area contributed by atoms with E-state index in [0.717, 1.165) is 23.5 Å². The van der Waals surface area contributed by atoms with E-state index in [4.69, 9.17) is 0 Å². The Morgan fingerprint density at radius 2 is 2.19 bits per heavy atom. The molecule has 2 heteroatoms. The number of nitrogens with one attached hydrogen (secondary N) is 1. The summed E-state index contributed by atoms with van der Waals surface area (Å²) in [5.74, 6) is 0.719. The minimum atomic E-state index is -0.0707. The average molecular weight is 221 g/mol. The van der Waals surface area contributed by atoms with E-state index in [0.29, 0.717) is 0 Å². The summed E-state index contributed by atoms with van der Waals surface area (Å²) >= 11 is 0. The second-order valence-corrected chi connectivity index (χ2v) is 4.90. The molecular weight excluding hydrogens is 201 g/mol. The van der Waals surface area contributed by atoms with E-state index >= 15 is 0 Å². The summed E-state index contributed by atoms with van der Waals surface area (Å²) < 4.78 is 13.8. The molecule has 1 N–H and O–H groups in total. The zero-order chi connectivity index (χ0) is 11.5. The lowest BCUT2D eigenvalue weighted by Gasteiger charge is -2.30. The number of aryl methyl sites for hydroxylation is 1. The molecule has 0 radical (unpaired) electrons. The van der Waals surface area contributed by atoms with Crippen LogP contribution in [0.3, 0.4) is 0 Å². The summed E-state index contributed by atoms with van der Waals surface area (Å²) in [4.78, 5) is 0. The highest BCUT2D eigenvalue weighted by molar-refractivity contribution is 5.26. The molecule has 16 heavy (non-hydrogen) atoms. The number of hydrogen-bond donors (Lipinski definition) is 1. The highest BCUT2D eigenvalue weighted by atomic mass is 19.1. The Kier molecular flexibility index (Phi) is 3.59. The van der Waals surface area contributed by atoms with Crippen molar-refractivity contribution in [3.05, 3.63) is 35.1 Å². The minimum Gasteiger partial charge on any atom is -0.313 e. The maximum absolute atomic E-state index is 13.8. The van der Waals surface area contributed by atoms with Crippen molar-refractivity contribution in [3.8, 4) is 0 Å². The van der Waals surface area contributed by atoms with Crippen LogP contribution in [0.4, 0.5) is 4.39 Å². The van der Waals surface area contributed by atoms with Crippen LogP contribution in [-0.2, 0) is 0 Å². The SMILES string of the molecule is CNC(CC1CCC1)c1ccc(C)cc1F. The zero-order valence-corrected chi connectivity index (χ0v) is 10.1. The van der Waals surface area contributed by atoms with Gasteiger partial charge in [0.25, 0.3) is 0 Å². The maximum Gasteiger partial charge on any atom is 0.128 e. The minimum absolute atomic E-state index is 0.0707. The van der Waals surface area contributed by atoms with Crippen LogP contribution in [-0.4, -0.2) is 7.05 Å². The first kappa shape index (κ1) is 11.6. The van der Waals surface area contributed by atoms with Gasteiger partial charge in [-0.15, -0.1) is 0 Å². The highest BCUT2D eigenvalue weighted by Crippen LogP contribution is 2.35. The molecular formula is C14H20FN. The predicted molar refractivity (Wildman–Crippen MR) is 64.9 cm³/mol. The quantitative estimate of drug-likeness (QED) is 0.819. The van der Waals surface area contributed by atoms with Gasteiger partial charge in [-0.3, -0.25) is 0 Å². The lowest BCUT2D eigenvalue weighted by atomic mass is 9.79. The van der Waals surface area contributed by atoms with Gasteiger partial charge in [-0.05, 0) is 37.9 Å². The first-order chi connectivity index (χ1) is 7.70. The molecule has 1 fully saturated rings. The molecule has 0 bridgehead atoms. The second-order valence-electron chi connectivity index (χ2n) is 4.90. The normalized spacial score (nSPS) is 18.2. The van der Waals surface area contributed by atoms with Crippen molar-refractivity contribution in [1.29, 1.82) is 0 Å². The van der Waals surface area contributed by atoms with Crippen LogP contribution >= 0.6 is 0 Å². The van der Waals surface area contributed by atoms with Gasteiger partial charge in [0.1, 0.15) is 5.82 Å². The summed E-state index contributed by atoms with van der Waals surface area (Å²) in [5, 5.41) is 3.24. The molecule has 0 aromatic heterocycles. The first-order valence-corrected chi connectivity index (χ1v) is 6.14. The average Bonchev–Trinajstić information content (AvgIpc) is 2.18. The molecule has 2 rings (SSSR count). The maximum atomic E-state index is 13.8.